The average molecular weight is 697 g/mol. The fourth-order valence-electron chi connectivity index (χ4n) is 4.95. The Bertz CT molecular complexity index is 1740. The van der Waals surface area contributed by atoms with E-state index in [1.807, 2.05) is 51.1 Å². The third-order valence-electron chi connectivity index (χ3n) is 7.67. The molecule has 0 aliphatic heterocycles. The van der Waals surface area contributed by atoms with Crippen LogP contribution in [-0.4, -0.2) is 50.4 Å². The molecule has 4 rings (SSSR count). The van der Waals surface area contributed by atoms with Gasteiger partial charge in [-0.15, -0.1) is 0 Å². The third kappa shape index (κ3) is 9.50. The van der Waals surface area contributed by atoms with Gasteiger partial charge in [0.25, 0.3) is 10.0 Å². The van der Waals surface area contributed by atoms with Crippen molar-refractivity contribution in [2.75, 3.05) is 17.5 Å². The molecule has 2 atom stereocenters. The first-order valence-electron chi connectivity index (χ1n) is 15.4. The standard InChI is InChI=1S/C36H39Cl2N3O5S/c1-4-26(3)39-36(43)34(22-27-12-8-6-9-13-27)40(24-28-16-17-29(37)23-33(28)38)35(42)25-41(30-18-20-31(21-19-30)46-5-2)47(44,45)32-14-10-7-11-15-32/h6-21,23,26,34H,4-5,22,24-25H2,1-3H3,(H,39,43)/t26-,34-/m1/s1. The Morgan fingerprint density at radius 2 is 1.51 bits per heavy atom. The summed E-state index contributed by atoms with van der Waals surface area (Å²) in [6, 6.07) is 27.5. The zero-order valence-electron chi connectivity index (χ0n) is 26.6. The molecule has 1 N–H and O–H groups in total. The second-order valence-corrected chi connectivity index (χ2v) is 13.7. The lowest BCUT2D eigenvalue weighted by molar-refractivity contribution is -0.140. The Hall–Kier alpha value is -4.05. The third-order valence-corrected chi connectivity index (χ3v) is 10.0. The number of carbonyl (C=O) groups excluding carboxylic acids is 2. The lowest BCUT2D eigenvalue weighted by Gasteiger charge is -2.34. The van der Waals surface area contributed by atoms with Crippen LogP contribution in [0.3, 0.4) is 0 Å². The van der Waals surface area contributed by atoms with E-state index in [0.717, 1.165) is 9.87 Å². The maximum atomic E-state index is 14.6. The topological polar surface area (TPSA) is 96.0 Å². The number of anilines is 1. The molecule has 0 aliphatic carbocycles. The number of rotatable bonds is 15. The van der Waals surface area contributed by atoms with Crippen LogP contribution >= 0.6 is 23.2 Å². The molecule has 0 saturated heterocycles. The molecule has 0 fully saturated rings. The predicted molar refractivity (Wildman–Crippen MR) is 187 cm³/mol. The number of hydrogen-bond donors (Lipinski definition) is 1. The highest BCUT2D eigenvalue weighted by molar-refractivity contribution is 7.92. The van der Waals surface area contributed by atoms with Crippen LogP contribution in [0, 0.1) is 0 Å². The van der Waals surface area contributed by atoms with E-state index in [-0.39, 0.29) is 35.5 Å². The van der Waals surface area contributed by atoms with Gasteiger partial charge >= 0.3 is 0 Å². The SMILES string of the molecule is CCOc1ccc(N(CC(=O)N(Cc2ccc(Cl)cc2Cl)[C@H](Cc2ccccc2)C(=O)N[C@H](C)CC)S(=O)(=O)c2ccccc2)cc1. The van der Waals surface area contributed by atoms with Crippen molar-refractivity contribution in [2.24, 2.45) is 0 Å². The number of hydrogen-bond acceptors (Lipinski definition) is 5. The van der Waals surface area contributed by atoms with Gasteiger partial charge in [-0.2, -0.15) is 0 Å². The van der Waals surface area contributed by atoms with Crippen LogP contribution in [0.25, 0.3) is 0 Å². The summed E-state index contributed by atoms with van der Waals surface area (Å²) in [6.07, 6.45) is 0.871. The highest BCUT2D eigenvalue weighted by atomic mass is 35.5. The van der Waals surface area contributed by atoms with E-state index in [9.17, 15) is 18.0 Å². The zero-order valence-corrected chi connectivity index (χ0v) is 28.9. The molecule has 47 heavy (non-hydrogen) atoms. The highest BCUT2D eigenvalue weighted by Gasteiger charge is 2.35. The molecule has 0 bridgehead atoms. The highest BCUT2D eigenvalue weighted by Crippen LogP contribution is 2.28. The van der Waals surface area contributed by atoms with Crippen molar-refractivity contribution in [1.29, 1.82) is 0 Å². The second-order valence-electron chi connectivity index (χ2n) is 11.0. The first kappa shape index (κ1) is 35.8. The van der Waals surface area contributed by atoms with Gasteiger partial charge in [0.05, 0.1) is 17.2 Å². The van der Waals surface area contributed by atoms with Crippen molar-refractivity contribution in [3.63, 3.8) is 0 Å². The lowest BCUT2D eigenvalue weighted by atomic mass is 10.0. The van der Waals surface area contributed by atoms with Gasteiger partial charge < -0.3 is 15.0 Å². The van der Waals surface area contributed by atoms with Crippen LogP contribution in [0.15, 0.2) is 108 Å². The summed E-state index contributed by atoms with van der Waals surface area (Å²) in [4.78, 5) is 30.0. The Kier molecular flexibility index (Phi) is 12.7. The fourth-order valence-corrected chi connectivity index (χ4v) is 6.86. The summed E-state index contributed by atoms with van der Waals surface area (Å²) in [5.41, 5.74) is 1.65. The van der Waals surface area contributed by atoms with Crippen molar-refractivity contribution in [3.8, 4) is 5.75 Å². The van der Waals surface area contributed by atoms with Crippen molar-refractivity contribution >= 4 is 50.7 Å². The average Bonchev–Trinajstić information content (AvgIpc) is 3.07. The minimum atomic E-state index is -4.22. The number of benzene rings is 4. The number of amides is 2. The van der Waals surface area contributed by atoms with Crippen LogP contribution in [0.4, 0.5) is 5.69 Å². The van der Waals surface area contributed by atoms with Crippen molar-refractivity contribution in [3.05, 3.63) is 124 Å². The Morgan fingerprint density at radius 1 is 0.872 bits per heavy atom. The van der Waals surface area contributed by atoms with Crippen molar-refractivity contribution in [1.82, 2.24) is 10.2 Å². The van der Waals surface area contributed by atoms with E-state index in [2.05, 4.69) is 5.32 Å². The van der Waals surface area contributed by atoms with Gasteiger partial charge in [-0.1, -0.05) is 84.7 Å². The van der Waals surface area contributed by atoms with E-state index in [1.54, 1.807) is 60.7 Å². The fraction of sp³-hybridized carbons (Fsp3) is 0.278. The number of carbonyl (C=O) groups is 2. The van der Waals surface area contributed by atoms with Crippen LogP contribution in [0.5, 0.6) is 5.75 Å². The Balaban J connectivity index is 1.82. The number of nitrogens with one attached hydrogen (secondary N) is 1. The summed E-state index contributed by atoms with van der Waals surface area (Å²) in [7, 11) is -4.22. The van der Waals surface area contributed by atoms with Crippen LogP contribution in [-0.2, 0) is 32.6 Å². The molecule has 2 amide bonds. The molecule has 0 spiro atoms. The van der Waals surface area contributed by atoms with Gasteiger partial charge in [-0.05, 0) is 79.9 Å². The number of ether oxygens (including phenoxy) is 1. The monoisotopic (exact) mass is 695 g/mol. The van der Waals surface area contributed by atoms with E-state index >= 15 is 0 Å². The van der Waals surface area contributed by atoms with Crippen LogP contribution in [0.1, 0.15) is 38.3 Å². The first-order chi connectivity index (χ1) is 22.5. The van der Waals surface area contributed by atoms with Crippen molar-refractivity contribution in [2.45, 2.75) is 57.1 Å². The Labute approximate surface area is 287 Å². The van der Waals surface area contributed by atoms with Crippen molar-refractivity contribution < 1.29 is 22.7 Å². The largest absolute Gasteiger partial charge is 0.494 e. The quantitative estimate of drug-likeness (QED) is 0.143. The molecule has 8 nitrogen and oxygen atoms in total. The van der Waals surface area contributed by atoms with Gasteiger partial charge in [0.15, 0.2) is 0 Å². The van der Waals surface area contributed by atoms with Gasteiger partial charge in [-0.25, -0.2) is 8.42 Å². The summed E-state index contributed by atoms with van der Waals surface area (Å²) < 4.78 is 34.9. The molecule has 0 unspecified atom stereocenters. The molecule has 0 radical (unpaired) electrons. The van der Waals surface area contributed by atoms with Crippen LogP contribution < -0.4 is 14.4 Å². The molecular formula is C36H39Cl2N3O5S. The van der Waals surface area contributed by atoms with Crippen LogP contribution in [0.2, 0.25) is 10.0 Å². The van der Waals surface area contributed by atoms with E-state index in [1.165, 1.54) is 17.0 Å². The van der Waals surface area contributed by atoms with Gasteiger partial charge in [0.2, 0.25) is 11.8 Å². The maximum Gasteiger partial charge on any atom is 0.264 e. The zero-order chi connectivity index (χ0) is 34.0. The Morgan fingerprint density at radius 3 is 2.11 bits per heavy atom. The molecule has 11 heteroatoms. The normalized spacial score (nSPS) is 12.5. The molecule has 0 aromatic heterocycles. The van der Waals surface area contributed by atoms with E-state index < -0.39 is 28.5 Å². The first-order valence-corrected chi connectivity index (χ1v) is 17.6. The molecule has 248 valence electrons. The molecule has 0 saturated carbocycles. The lowest BCUT2D eigenvalue weighted by Crippen LogP contribution is -2.54. The molecule has 4 aromatic carbocycles. The van der Waals surface area contributed by atoms with Gasteiger partial charge in [0, 0.05) is 29.1 Å². The molecule has 0 aliphatic rings. The molecular weight excluding hydrogens is 657 g/mol. The predicted octanol–water partition coefficient (Wildman–Crippen LogP) is 7.14. The van der Waals surface area contributed by atoms with Gasteiger partial charge in [0.1, 0.15) is 18.3 Å². The van der Waals surface area contributed by atoms with E-state index in [4.69, 9.17) is 27.9 Å². The number of sulfonamides is 1. The molecule has 4 aromatic rings. The number of nitrogens with zero attached hydrogens (tertiary/aromatic N) is 2. The second kappa shape index (κ2) is 16.7. The maximum absolute atomic E-state index is 14.6. The van der Waals surface area contributed by atoms with E-state index in [0.29, 0.717) is 34.4 Å². The number of halogens is 2. The smallest absolute Gasteiger partial charge is 0.264 e. The summed E-state index contributed by atoms with van der Waals surface area (Å²) >= 11 is 12.8. The minimum Gasteiger partial charge on any atom is -0.494 e. The summed E-state index contributed by atoms with van der Waals surface area (Å²) in [6.45, 7) is 5.48. The summed E-state index contributed by atoms with van der Waals surface area (Å²) in [5.74, 6) is -0.395. The minimum absolute atomic E-state index is 0.0179. The summed E-state index contributed by atoms with van der Waals surface area (Å²) in [5, 5.41) is 3.76. The van der Waals surface area contributed by atoms with Gasteiger partial charge in [-0.3, -0.25) is 13.9 Å². The molecule has 0 heterocycles.